The third kappa shape index (κ3) is 2.93. The second-order valence-electron chi connectivity index (χ2n) is 4.07. The van der Waals surface area contributed by atoms with Crippen molar-refractivity contribution in [1.82, 2.24) is 4.98 Å². The number of benzene rings is 1. The van der Waals surface area contributed by atoms with Crippen molar-refractivity contribution in [3.63, 3.8) is 0 Å². The first kappa shape index (κ1) is 10.9. The van der Waals surface area contributed by atoms with E-state index >= 15 is 0 Å². The maximum Gasteiger partial charge on any atom is 0.0450 e. The summed E-state index contributed by atoms with van der Waals surface area (Å²) in [7, 11) is 0. The molecule has 0 saturated carbocycles. The molecule has 0 bridgehead atoms. The van der Waals surface area contributed by atoms with Crippen molar-refractivity contribution in [2.24, 2.45) is 0 Å². The van der Waals surface area contributed by atoms with Crippen LogP contribution in [-0.4, -0.2) is 4.98 Å². The molecule has 2 rings (SSSR count). The fourth-order valence-electron chi connectivity index (χ4n) is 1.87. The van der Waals surface area contributed by atoms with Crippen LogP contribution in [0, 0.1) is 0 Å². The van der Waals surface area contributed by atoms with Crippen LogP contribution in [0.4, 0.5) is 0 Å². The lowest BCUT2D eigenvalue weighted by Gasteiger charge is -2.03. The van der Waals surface area contributed by atoms with Crippen molar-refractivity contribution in [2.45, 2.75) is 26.2 Å². The number of aryl methyl sites for hydroxylation is 1. The highest BCUT2D eigenvalue weighted by atomic mass is 14.7. The molecule has 0 aliphatic carbocycles. The summed E-state index contributed by atoms with van der Waals surface area (Å²) in [5.74, 6) is 0. The number of aromatic nitrogens is 1. The monoisotopic (exact) mass is 211 g/mol. The van der Waals surface area contributed by atoms with Crippen molar-refractivity contribution < 1.29 is 0 Å². The van der Waals surface area contributed by atoms with Gasteiger partial charge in [-0.2, -0.15) is 0 Å². The van der Waals surface area contributed by atoms with E-state index < -0.39 is 0 Å². The van der Waals surface area contributed by atoms with Gasteiger partial charge in [0.05, 0.1) is 0 Å². The van der Waals surface area contributed by atoms with Gasteiger partial charge in [-0.15, -0.1) is 0 Å². The average molecular weight is 211 g/mol. The Morgan fingerprint density at radius 2 is 1.81 bits per heavy atom. The molecule has 0 saturated heterocycles. The van der Waals surface area contributed by atoms with Crippen molar-refractivity contribution >= 4 is 0 Å². The summed E-state index contributed by atoms with van der Waals surface area (Å²) >= 11 is 0. The maximum absolute atomic E-state index is 4.42. The van der Waals surface area contributed by atoms with Crippen LogP contribution in [0.2, 0.25) is 0 Å². The van der Waals surface area contributed by atoms with Crippen LogP contribution in [0.1, 0.15) is 30.2 Å². The maximum atomic E-state index is 4.42. The zero-order chi connectivity index (χ0) is 11.2. The lowest BCUT2D eigenvalue weighted by Crippen LogP contribution is -1.94. The predicted molar refractivity (Wildman–Crippen MR) is 67.5 cm³/mol. The Kier molecular flexibility index (Phi) is 3.71. The van der Waals surface area contributed by atoms with Gasteiger partial charge in [-0.05, 0) is 29.7 Å². The molecular weight excluding hydrogens is 194 g/mol. The van der Waals surface area contributed by atoms with Gasteiger partial charge in [0.2, 0.25) is 0 Å². The third-order valence-electron chi connectivity index (χ3n) is 2.65. The van der Waals surface area contributed by atoms with E-state index in [9.17, 15) is 0 Å². The van der Waals surface area contributed by atoms with Crippen LogP contribution in [0.3, 0.4) is 0 Å². The summed E-state index contributed by atoms with van der Waals surface area (Å²) in [5.41, 5.74) is 3.88. The highest BCUT2D eigenvalue weighted by Crippen LogP contribution is 2.10. The molecule has 0 aliphatic rings. The van der Waals surface area contributed by atoms with Crippen LogP contribution in [-0.2, 0) is 12.8 Å². The Morgan fingerprint density at radius 1 is 1.00 bits per heavy atom. The van der Waals surface area contributed by atoms with E-state index in [1.165, 1.54) is 17.5 Å². The number of rotatable bonds is 4. The predicted octanol–water partition coefficient (Wildman–Crippen LogP) is 3.62. The average Bonchev–Trinajstić information content (AvgIpc) is 2.31. The minimum atomic E-state index is 0.929. The molecule has 1 nitrogen and oxygen atoms in total. The second-order valence-corrected chi connectivity index (χ2v) is 4.07. The van der Waals surface area contributed by atoms with Gasteiger partial charge >= 0.3 is 0 Å². The quantitative estimate of drug-likeness (QED) is 0.752. The Labute approximate surface area is 97.2 Å². The van der Waals surface area contributed by atoms with E-state index in [4.69, 9.17) is 0 Å². The van der Waals surface area contributed by atoms with Gasteiger partial charge in [-0.1, -0.05) is 43.7 Å². The van der Waals surface area contributed by atoms with Crippen molar-refractivity contribution in [1.29, 1.82) is 0 Å². The van der Waals surface area contributed by atoms with Crippen LogP contribution in [0.25, 0.3) is 0 Å². The smallest absolute Gasteiger partial charge is 0.0450 e. The molecule has 0 N–H and O–H groups in total. The Balaban J connectivity index is 2.12. The van der Waals surface area contributed by atoms with Gasteiger partial charge in [0.25, 0.3) is 0 Å². The van der Waals surface area contributed by atoms with Crippen LogP contribution >= 0.6 is 0 Å². The molecule has 0 amide bonds. The highest BCUT2D eigenvalue weighted by Gasteiger charge is 1.98. The topological polar surface area (TPSA) is 12.9 Å². The highest BCUT2D eigenvalue weighted by molar-refractivity contribution is 5.24. The zero-order valence-electron chi connectivity index (χ0n) is 9.69. The minimum Gasteiger partial charge on any atom is -0.261 e. The van der Waals surface area contributed by atoms with Crippen LogP contribution in [0.15, 0.2) is 48.7 Å². The molecule has 0 aliphatic heterocycles. The molecule has 0 fully saturated rings. The Morgan fingerprint density at radius 3 is 2.56 bits per heavy atom. The zero-order valence-corrected chi connectivity index (χ0v) is 9.69. The van der Waals surface area contributed by atoms with E-state index in [2.05, 4.69) is 48.3 Å². The van der Waals surface area contributed by atoms with E-state index in [0.29, 0.717) is 0 Å². The largest absolute Gasteiger partial charge is 0.261 e. The molecule has 1 aromatic carbocycles. The third-order valence-corrected chi connectivity index (χ3v) is 2.65. The second kappa shape index (κ2) is 5.45. The van der Waals surface area contributed by atoms with Gasteiger partial charge in [-0.25, -0.2) is 0 Å². The molecule has 16 heavy (non-hydrogen) atoms. The first-order valence-electron chi connectivity index (χ1n) is 5.86. The van der Waals surface area contributed by atoms with Crippen molar-refractivity contribution in [3.8, 4) is 0 Å². The SMILES string of the molecule is CCCc1ccnc(Cc2ccccc2)c1. The van der Waals surface area contributed by atoms with Crippen LogP contribution in [0.5, 0.6) is 0 Å². The Hall–Kier alpha value is -1.63. The first-order chi connectivity index (χ1) is 7.88. The fourth-order valence-corrected chi connectivity index (χ4v) is 1.87. The summed E-state index contributed by atoms with van der Waals surface area (Å²) in [6.45, 7) is 2.21. The van der Waals surface area contributed by atoms with Crippen molar-refractivity contribution in [3.05, 3.63) is 65.5 Å². The molecular formula is C15H17N. The van der Waals surface area contributed by atoms with Gasteiger partial charge < -0.3 is 0 Å². The number of pyridine rings is 1. The molecule has 0 spiro atoms. The lowest BCUT2D eigenvalue weighted by atomic mass is 10.1. The van der Waals surface area contributed by atoms with E-state index in [-0.39, 0.29) is 0 Å². The summed E-state index contributed by atoms with van der Waals surface area (Å²) in [6.07, 6.45) is 5.18. The standard InChI is InChI=1S/C15H17N/c1-2-6-13-9-10-16-15(11-13)12-14-7-4-3-5-8-14/h3-5,7-11H,2,6,12H2,1H3. The molecule has 0 radical (unpaired) electrons. The normalized spacial score (nSPS) is 10.3. The Bertz CT molecular complexity index is 434. The molecule has 2 aromatic rings. The number of hydrogen-bond donors (Lipinski definition) is 0. The number of hydrogen-bond acceptors (Lipinski definition) is 1. The summed E-state index contributed by atoms with van der Waals surface area (Å²) < 4.78 is 0. The van der Waals surface area contributed by atoms with E-state index in [0.717, 1.165) is 18.5 Å². The molecule has 1 heteroatoms. The minimum absolute atomic E-state index is 0.929. The molecule has 1 heterocycles. The first-order valence-corrected chi connectivity index (χ1v) is 5.86. The van der Waals surface area contributed by atoms with Gasteiger partial charge in [0.15, 0.2) is 0 Å². The summed E-state index contributed by atoms with van der Waals surface area (Å²) in [6, 6.07) is 14.8. The van der Waals surface area contributed by atoms with Crippen LogP contribution < -0.4 is 0 Å². The van der Waals surface area contributed by atoms with Gasteiger partial charge in [0, 0.05) is 18.3 Å². The van der Waals surface area contributed by atoms with Gasteiger partial charge in [0.1, 0.15) is 0 Å². The molecule has 82 valence electrons. The molecule has 0 unspecified atom stereocenters. The number of nitrogens with zero attached hydrogens (tertiary/aromatic N) is 1. The summed E-state index contributed by atoms with van der Waals surface area (Å²) in [4.78, 5) is 4.42. The van der Waals surface area contributed by atoms with E-state index in [1.54, 1.807) is 0 Å². The molecule has 1 aromatic heterocycles. The molecule has 0 atom stereocenters. The van der Waals surface area contributed by atoms with Crippen molar-refractivity contribution in [2.75, 3.05) is 0 Å². The lowest BCUT2D eigenvalue weighted by molar-refractivity contribution is 0.909. The van der Waals surface area contributed by atoms with E-state index in [1.807, 2.05) is 12.3 Å². The van der Waals surface area contributed by atoms with Gasteiger partial charge in [-0.3, -0.25) is 4.98 Å². The summed E-state index contributed by atoms with van der Waals surface area (Å²) in [5, 5.41) is 0. The fraction of sp³-hybridized carbons (Fsp3) is 0.267.